The van der Waals surface area contributed by atoms with E-state index in [0.29, 0.717) is 0 Å². The van der Waals surface area contributed by atoms with Crippen molar-refractivity contribution in [1.29, 1.82) is 0 Å². The summed E-state index contributed by atoms with van der Waals surface area (Å²) in [7, 11) is 0. The summed E-state index contributed by atoms with van der Waals surface area (Å²) < 4.78 is 11.6. The van der Waals surface area contributed by atoms with E-state index in [1.807, 2.05) is 30.3 Å². The first-order valence-electron chi connectivity index (χ1n) is 8.03. The maximum Gasteiger partial charge on any atom is 0.337 e. The van der Waals surface area contributed by atoms with Gasteiger partial charge in [0.25, 0.3) is 0 Å². The number of ether oxygens (including phenoxy) is 2. The molecule has 3 rings (SSSR count). The lowest BCUT2D eigenvalue weighted by molar-refractivity contribution is -0.155. The highest BCUT2D eigenvalue weighted by Crippen LogP contribution is 2.35. The number of carbonyl (C=O) groups is 1. The molecule has 2 atom stereocenters. The van der Waals surface area contributed by atoms with Crippen LogP contribution in [0.15, 0.2) is 36.6 Å². The fourth-order valence-corrected chi connectivity index (χ4v) is 3.29. The van der Waals surface area contributed by atoms with Gasteiger partial charge in [-0.2, -0.15) is 0 Å². The highest BCUT2D eigenvalue weighted by atomic mass is 16.5. The van der Waals surface area contributed by atoms with Crippen LogP contribution in [0.3, 0.4) is 0 Å². The SMILES string of the molecule is O=C(O)C(OC1CCCC1)c1ccccc1C1CCC=CO1. The molecule has 1 aliphatic carbocycles. The van der Waals surface area contributed by atoms with Crippen LogP contribution in [0.1, 0.15) is 61.9 Å². The van der Waals surface area contributed by atoms with E-state index in [-0.39, 0.29) is 12.2 Å². The number of benzene rings is 1. The van der Waals surface area contributed by atoms with Crippen molar-refractivity contribution in [1.82, 2.24) is 0 Å². The number of hydrogen-bond donors (Lipinski definition) is 1. The molecule has 0 bridgehead atoms. The van der Waals surface area contributed by atoms with Gasteiger partial charge in [-0.15, -0.1) is 0 Å². The second-order valence-electron chi connectivity index (χ2n) is 5.96. The van der Waals surface area contributed by atoms with Crippen molar-refractivity contribution in [3.8, 4) is 0 Å². The lowest BCUT2D eigenvalue weighted by atomic mass is 9.94. The summed E-state index contributed by atoms with van der Waals surface area (Å²) >= 11 is 0. The summed E-state index contributed by atoms with van der Waals surface area (Å²) in [5.74, 6) is -0.925. The Kier molecular flexibility index (Phi) is 4.78. The van der Waals surface area contributed by atoms with E-state index in [1.54, 1.807) is 6.26 Å². The second-order valence-corrected chi connectivity index (χ2v) is 5.96. The predicted molar refractivity (Wildman–Crippen MR) is 82.4 cm³/mol. The van der Waals surface area contributed by atoms with Gasteiger partial charge in [0.15, 0.2) is 6.10 Å². The summed E-state index contributed by atoms with van der Waals surface area (Å²) in [6.07, 6.45) is 8.71. The van der Waals surface area contributed by atoms with Crippen LogP contribution in [0.4, 0.5) is 0 Å². The standard InChI is InChI=1S/C18H22O4/c19-18(20)17(22-13-7-1-2-8-13)15-10-4-3-9-14(15)16-11-5-6-12-21-16/h3-4,6,9-10,12-13,16-17H,1-2,5,7-8,11H2,(H,19,20). The molecular formula is C18H22O4. The van der Waals surface area contributed by atoms with Crippen LogP contribution < -0.4 is 0 Å². The monoisotopic (exact) mass is 302 g/mol. The van der Waals surface area contributed by atoms with Crippen LogP contribution in [0, 0.1) is 0 Å². The van der Waals surface area contributed by atoms with Gasteiger partial charge in [-0.05, 0) is 42.9 Å². The van der Waals surface area contributed by atoms with E-state index >= 15 is 0 Å². The molecule has 0 amide bonds. The van der Waals surface area contributed by atoms with Gasteiger partial charge < -0.3 is 14.6 Å². The van der Waals surface area contributed by atoms with Crippen LogP contribution in [0.5, 0.6) is 0 Å². The van der Waals surface area contributed by atoms with Crippen molar-refractivity contribution < 1.29 is 19.4 Å². The summed E-state index contributed by atoms with van der Waals surface area (Å²) in [4.78, 5) is 11.7. The summed E-state index contributed by atoms with van der Waals surface area (Å²) in [5.41, 5.74) is 1.65. The molecule has 1 heterocycles. The van der Waals surface area contributed by atoms with E-state index in [4.69, 9.17) is 9.47 Å². The van der Waals surface area contributed by atoms with Gasteiger partial charge in [-0.1, -0.05) is 37.1 Å². The molecule has 4 heteroatoms. The van der Waals surface area contributed by atoms with E-state index in [0.717, 1.165) is 49.7 Å². The number of hydrogen-bond acceptors (Lipinski definition) is 3. The van der Waals surface area contributed by atoms with Crippen LogP contribution in [-0.4, -0.2) is 17.2 Å². The van der Waals surface area contributed by atoms with Gasteiger partial charge in [0.2, 0.25) is 0 Å². The normalized spacial score (nSPS) is 23.2. The first kappa shape index (κ1) is 15.1. The number of carboxylic acid groups (broad SMARTS) is 1. The summed E-state index contributed by atoms with van der Waals surface area (Å²) in [6, 6.07) is 7.60. The van der Waals surface area contributed by atoms with Crippen LogP contribution in [0.25, 0.3) is 0 Å². The van der Waals surface area contributed by atoms with E-state index in [2.05, 4.69) is 0 Å². The highest BCUT2D eigenvalue weighted by Gasteiger charge is 2.30. The van der Waals surface area contributed by atoms with Crippen molar-refractivity contribution in [2.45, 2.75) is 56.8 Å². The first-order chi connectivity index (χ1) is 10.8. The molecule has 2 aliphatic rings. The Balaban J connectivity index is 1.86. The number of rotatable bonds is 5. The van der Waals surface area contributed by atoms with Gasteiger partial charge in [0.1, 0.15) is 6.10 Å². The molecule has 1 aliphatic heterocycles. The Labute approximate surface area is 130 Å². The van der Waals surface area contributed by atoms with Crippen LogP contribution in [-0.2, 0) is 14.3 Å². The van der Waals surface area contributed by atoms with Crippen molar-refractivity contribution in [2.24, 2.45) is 0 Å². The van der Waals surface area contributed by atoms with Crippen molar-refractivity contribution in [3.05, 3.63) is 47.7 Å². The Morgan fingerprint density at radius 3 is 2.68 bits per heavy atom. The van der Waals surface area contributed by atoms with Crippen molar-refractivity contribution in [3.63, 3.8) is 0 Å². The molecular weight excluding hydrogens is 280 g/mol. The molecule has 4 nitrogen and oxygen atoms in total. The molecule has 1 aromatic rings. The third-order valence-corrected chi connectivity index (χ3v) is 4.41. The quantitative estimate of drug-likeness (QED) is 0.888. The van der Waals surface area contributed by atoms with Gasteiger partial charge in [-0.3, -0.25) is 0 Å². The van der Waals surface area contributed by atoms with Gasteiger partial charge in [-0.25, -0.2) is 4.79 Å². The lowest BCUT2D eigenvalue weighted by Gasteiger charge is -2.26. The Morgan fingerprint density at radius 1 is 1.23 bits per heavy atom. The van der Waals surface area contributed by atoms with Crippen LogP contribution >= 0.6 is 0 Å². The van der Waals surface area contributed by atoms with E-state index < -0.39 is 12.1 Å². The molecule has 1 fully saturated rings. The molecule has 22 heavy (non-hydrogen) atoms. The average molecular weight is 302 g/mol. The summed E-state index contributed by atoms with van der Waals surface area (Å²) in [6.45, 7) is 0. The third-order valence-electron chi connectivity index (χ3n) is 4.41. The molecule has 2 unspecified atom stereocenters. The zero-order valence-corrected chi connectivity index (χ0v) is 12.6. The molecule has 1 N–H and O–H groups in total. The average Bonchev–Trinajstić information content (AvgIpc) is 3.06. The third kappa shape index (κ3) is 3.33. The number of carboxylic acids is 1. The predicted octanol–water partition coefficient (Wildman–Crippen LogP) is 4.14. The lowest BCUT2D eigenvalue weighted by Crippen LogP contribution is -2.23. The fourth-order valence-electron chi connectivity index (χ4n) is 3.29. The Bertz CT molecular complexity index is 546. The van der Waals surface area contributed by atoms with Gasteiger partial charge >= 0.3 is 5.97 Å². The fraction of sp³-hybridized carbons (Fsp3) is 0.500. The molecule has 0 spiro atoms. The second kappa shape index (κ2) is 6.97. The van der Waals surface area contributed by atoms with E-state index in [9.17, 15) is 9.90 Å². The van der Waals surface area contributed by atoms with Gasteiger partial charge in [0.05, 0.1) is 12.4 Å². The minimum atomic E-state index is -0.925. The first-order valence-corrected chi connectivity index (χ1v) is 8.03. The molecule has 1 aromatic carbocycles. The summed E-state index contributed by atoms with van der Waals surface area (Å²) in [5, 5.41) is 9.63. The number of allylic oxidation sites excluding steroid dienone is 1. The molecule has 118 valence electrons. The minimum absolute atomic E-state index is 0.0568. The Hall–Kier alpha value is -1.81. The zero-order chi connectivity index (χ0) is 15.4. The maximum absolute atomic E-state index is 11.7. The Morgan fingerprint density at radius 2 is 2.00 bits per heavy atom. The largest absolute Gasteiger partial charge is 0.494 e. The zero-order valence-electron chi connectivity index (χ0n) is 12.6. The molecule has 0 radical (unpaired) electrons. The topological polar surface area (TPSA) is 55.8 Å². The van der Waals surface area contributed by atoms with Gasteiger partial charge in [0, 0.05) is 0 Å². The van der Waals surface area contributed by atoms with Crippen molar-refractivity contribution >= 4 is 5.97 Å². The smallest absolute Gasteiger partial charge is 0.337 e. The highest BCUT2D eigenvalue weighted by molar-refractivity contribution is 5.75. The van der Waals surface area contributed by atoms with Crippen LogP contribution in [0.2, 0.25) is 0 Å². The molecule has 0 saturated heterocycles. The number of aliphatic carboxylic acids is 1. The molecule has 0 aromatic heterocycles. The maximum atomic E-state index is 11.7. The minimum Gasteiger partial charge on any atom is -0.494 e. The molecule has 1 saturated carbocycles. The van der Waals surface area contributed by atoms with Crippen molar-refractivity contribution in [2.75, 3.05) is 0 Å². The van der Waals surface area contributed by atoms with E-state index in [1.165, 1.54) is 0 Å².